The first-order chi connectivity index (χ1) is 14.9. The predicted octanol–water partition coefficient (Wildman–Crippen LogP) is 3.42. The van der Waals surface area contributed by atoms with Crippen LogP contribution in [-0.2, 0) is 14.4 Å². The molecular formula is C22H21F2N3O3S. The lowest BCUT2D eigenvalue weighted by atomic mass is 10.1. The van der Waals surface area contributed by atoms with Crippen LogP contribution in [0.15, 0.2) is 47.4 Å². The third kappa shape index (κ3) is 4.56. The smallest absolute Gasteiger partial charge is 0.250 e. The van der Waals surface area contributed by atoms with Gasteiger partial charge in [0.05, 0.1) is 5.69 Å². The maximum absolute atomic E-state index is 13.4. The van der Waals surface area contributed by atoms with E-state index in [9.17, 15) is 23.2 Å². The third-order valence-electron chi connectivity index (χ3n) is 5.29. The largest absolute Gasteiger partial charge is 0.341 e. The van der Waals surface area contributed by atoms with Crippen molar-refractivity contribution in [2.24, 2.45) is 0 Å². The van der Waals surface area contributed by atoms with Gasteiger partial charge in [-0.15, -0.1) is 11.8 Å². The van der Waals surface area contributed by atoms with Gasteiger partial charge in [0.2, 0.25) is 11.8 Å². The number of rotatable bonds is 4. The summed E-state index contributed by atoms with van der Waals surface area (Å²) in [7, 11) is 0. The van der Waals surface area contributed by atoms with Gasteiger partial charge in [-0.2, -0.15) is 0 Å². The van der Waals surface area contributed by atoms with Crippen molar-refractivity contribution in [3.8, 4) is 0 Å². The van der Waals surface area contributed by atoms with Gasteiger partial charge in [-0.1, -0.05) is 12.1 Å². The van der Waals surface area contributed by atoms with E-state index in [0.717, 1.165) is 36.3 Å². The van der Waals surface area contributed by atoms with Gasteiger partial charge in [-0.3, -0.25) is 14.4 Å². The second-order valence-corrected chi connectivity index (χ2v) is 8.60. The Hall–Kier alpha value is -2.94. The standard InChI is InChI=1S/C22H21F2N3O3S/c23-15-9-8-14(12-16(15)24)25-19(28)13-27-17-6-2-3-7-18(17)31-20(22(27)30)21(29)26-10-4-1-5-11-26/h2-3,6-9,12,20H,1,4-5,10-11,13H2,(H,25,28). The average Bonchev–Trinajstić information content (AvgIpc) is 2.78. The average molecular weight is 445 g/mol. The van der Waals surface area contributed by atoms with Crippen LogP contribution < -0.4 is 10.2 Å². The second kappa shape index (κ2) is 9.05. The molecule has 2 aliphatic rings. The number of likely N-dealkylation sites (tertiary alicyclic amines) is 1. The van der Waals surface area contributed by atoms with E-state index in [1.165, 1.54) is 22.7 Å². The molecular weight excluding hydrogens is 424 g/mol. The van der Waals surface area contributed by atoms with E-state index in [2.05, 4.69) is 5.32 Å². The van der Waals surface area contributed by atoms with Crippen molar-refractivity contribution in [3.63, 3.8) is 0 Å². The summed E-state index contributed by atoms with van der Waals surface area (Å²) in [6, 6.07) is 10.1. The molecule has 2 aromatic rings. The molecule has 2 heterocycles. The zero-order valence-corrected chi connectivity index (χ0v) is 17.5. The number of benzene rings is 2. The minimum atomic E-state index is -1.08. The van der Waals surface area contributed by atoms with Gasteiger partial charge in [0.1, 0.15) is 6.54 Å². The maximum Gasteiger partial charge on any atom is 0.250 e. The summed E-state index contributed by atoms with van der Waals surface area (Å²) in [6.07, 6.45) is 2.89. The van der Waals surface area contributed by atoms with Crippen LogP contribution in [0.2, 0.25) is 0 Å². The first-order valence-electron chi connectivity index (χ1n) is 10.0. The second-order valence-electron chi connectivity index (χ2n) is 7.45. The number of para-hydroxylation sites is 1. The van der Waals surface area contributed by atoms with E-state index in [-0.39, 0.29) is 18.1 Å². The highest BCUT2D eigenvalue weighted by Gasteiger charge is 2.41. The fourth-order valence-corrected chi connectivity index (χ4v) is 4.92. The number of anilines is 2. The van der Waals surface area contributed by atoms with Crippen molar-refractivity contribution in [2.75, 3.05) is 29.9 Å². The van der Waals surface area contributed by atoms with Crippen molar-refractivity contribution >= 4 is 40.9 Å². The van der Waals surface area contributed by atoms with E-state index in [0.29, 0.717) is 18.8 Å². The molecule has 31 heavy (non-hydrogen) atoms. The molecule has 3 amide bonds. The number of hydrogen-bond acceptors (Lipinski definition) is 4. The number of thioether (sulfide) groups is 1. The molecule has 0 radical (unpaired) electrons. The number of halogens is 2. The molecule has 2 aliphatic heterocycles. The minimum absolute atomic E-state index is 0.0805. The molecule has 0 saturated carbocycles. The molecule has 0 aliphatic carbocycles. The Morgan fingerprint density at radius 1 is 1.03 bits per heavy atom. The molecule has 9 heteroatoms. The van der Waals surface area contributed by atoms with Crippen LogP contribution in [-0.4, -0.2) is 47.5 Å². The number of nitrogens with zero attached hydrogens (tertiary/aromatic N) is 2. The van der Waals surface area contributed by atoms with E-state index in [1.54, 1.807) is 17.0 Å². The molecule has 0 spiro atoms. The lowest BCUT2D eigenvalue weighted by molar-refractivity contribution is -0.135. The summed E-state index contributed by atoms with van der Waals surface area (Å²) in [6.45, 7) is 0.905. The number of nitrogens with one attached hydrogen (secondary N) is 1. The van der Waals surface area contributed by atoms with E-state index in [4.69, 9.17) is 0 Å². The van der Waals surface area contributed by atoms with Crippen LogP contribution in [0.25, 0.3) is 0 Å². The molecule has 1 saturated heterocycles. The zero-order valence-electron chi connectivity index (χ0n) is 16.6. The van der Waals surface area contributed by atoms with Gasteiger partial charge in [0.25, 0.3) is 5.91 Å². The molecule has 0 aromatic heterocycles. The van der Waals surface area contributed by atoms with Crippen molar-refractivity contribution in [3.05, 3.63) is 54.1 Å². The molecule has 1 fully saturated rings. The third-order valence-corrected chi connectivity index (χ3v) is 6.53. The Labute approximate surface area is 182 Å². The lowest BCUT2D eigenvalue weighted by Crippen LogP contribution is -2.52. The summed E-state index contributed by atoms with van der Waals surface area (Å²) in [5, 5.41) is 1.52. The number of amides is 3. The molecule has 162 valence electrons. The SMILES string of the molecule is O=C(CN1C(=O)C(C(=O)N2CCCCC2)Sc2ccccc21)Nc1ccc(F)c(F)c1. The first-order valence-corrected chi connectivity index (χ1v) is 10.9. The quantitative estimate of drug-likeness (QED) is 0.733. The van der Waals surface area contributed by atoms with Gasteiger partial charge < -0.3 is 15.1 Å². The van der Waals surface area contributed by atoms with Gasteiger partial charge in [-0.25, -0.2) is 8.78 Å². The molecule has 0 bridgehead atoms. The maximum atomic E-state index is 13.4. The monoisotopic (exact) mass is 445 g/mol. The van der Waals surface area contributed by atoms with E-state index >= 15 is 0 Å². The molecule has 6 nitrogen and oxygen atoms in total. The van der Waals surface area contributed by atoms with Gasteiger partial charge in [0, 0.05) is 29.7 Å². The van der Waals surface area contributed by atoms with E-state index in [1.807, 2.05) is 12.1 Å². The molecule has 2 aromatic carbocycles. The van der Waals surface area contributed by atoms with Gasteiger partial charge >= 0.3 is 0 Å². The summed E-state index contributed by atoms with van der Waals surface area (Å²) in [5.74, 6) is -3.38. The Kier molecular flexibility index (Phi) is 6.22. The summed E-state index contributed by atoms with van der Waals surface area (Å²) < 4.78 is 26.5. The Morgan fingerprint density at radius 3 is 2.52 bits per heavy atom. The van der Waals surface area contributed by atoms with Crippen molar-refractivity contribution in [1.82, 2.24) is 4.90 Å². The Morgan fingerprint density at radius 2 is 1.77 bits per heavy atom. The highest BCUT2D eigenvalue weighted by molar-refractivity contribution is 8.01. The Bertz CT molecular complexity index is 1030. The summed E-state index contributed by atoms with van der Waals surface area (Å²) in [5.41, 5.74) is 0.623. The number of fused-ring (bicyclic) bond motifs is 1. The summed E-state index contributed by atoms with van der Waals surface area (Å²) in [4.78, 5) is 42.6. The van der Waals surface area contributed by atoms with Crippen molar-refractivity contribution < 1.29 is 23.2 Å². The first kappa shape index (κ1) is 21.3. The Balaban J connectivity index is 1.54. The van der Waals surface area contributed by atoms with Crippen LogP contribution >= 0.6 is 11.8 Å². The zero-order chi connectivity index (χ0) is 22.0. The number of carbonyl (C=O) groups excluding carboxylic acids is 3. The van der Waals surface area contributed by atoms with Crippen LogP contribution in [0.1, 0.15) is 19.3 Å². The van der Waals surface area contributed by atoms with Gasteiger partial charge in [-0.05, 0) is 43.5 Å². The van der Waals surface area contributed by atoms with Crippen molar-refractivity contribution in [2.45, 2.75) is 29.4 Å². The summed E-state index contributed by atoms with van der Waals surface area (Å²) >= 11 is 1.20. The number of carbonyl (C=O) groups is 3. The van der Waals surface area contributed by atoms with Crippen molar-refractivity contribution in [1.29, 1.82) is 0 Å². The molecule has 1 atom stereocenters. The predicted molar refractivity (Wildman–Crippen MR) is 114 cm³/mol. The number of piperidine rings is 1. The van der Waals surface area contributed by atoms with Crippen LogP contribution in [0, 0.1) is 11.6 Å². The highest BCUT2D eigenvalue weighted by Crippen LogP contribution is 2.40. The topological polar surface area (TPSA) is 69.7 Å². The highest BCUT2D eigenvalue weighted by atomic mass is 32.2. The molecule has 4 rings (SSSR count). The fourth-order valence-electron chi connectivity index (χ4n) is 3.73. The number of hydrogen-bond donors (Lipinski definition) is 1. The van der Waals surface area contributed by atoms with Crippen LogP contribution in [0.3, 0.4) is 0 Å². The van der Waals surface area contributed by atoms with Gasteiger partial charge in [0.15, 0.2) is 16.9 Å². The normalized spacial score (nSPS) is 18.5. The van der Waals surface area contributed by atoms with Crippen LogP contribution in [0.5, 0.6) is 0 Å². The lowest BCUT2D eigenvalue weighted by Gasteiger charge is -2.36. The van der Waals surface area contributed by atoms with Crippen LogP contribution in [0.4, 0.5) is 20.2 Å². The molecule has 1 N–H and O–H groups in total. The van der Waals surface area contributed by atoms with E-state index < -0.39 is 28.7 Å². The minimum Gasteiger partial charge on any atom is -0.341 e. The fraction of sp³-hybridized carbons (Fsp3) is 0.318. The molecule has 1 unspecified atom stereocenters.